The number of nitrogens with two attached hydrogens (primary N) is 1. The van der Waals surface area contributed by atoms with Crippen molar-refractivity contribution in [2.24, 2.45) is 5.84 Å². The minimum atomic E-state index is -0.217. The van der Waals surface area contributed by atoms with Crippen molar-refractivity contribution < 1.29 is 4.79 Å². The number of carbonyl (C=O) groups is 1. The lowest BCUT2D eigenvalue weighted by Gasteiger charge is -2.30. The average Bonchev–Trinajstić information content (AvgIpc) is 2.48. The number of nitrogen functional groups attached to an aromatic ring is 1. The van der Waals surface area contributed by atoms with Crippen LogP contribution in [0.4, 0.5) is 5.82 Å². The summed E-state index contributed by atoms with van der Waals surface area (Å²) in [6.07, 6.45) is 3.84. The molecule has 6 heteroatoms. The van der Waals surface area contributed by atoms with E-state index in [0.29, 0.717) is 18.3 Å². The minimum absolute atomic E-state index is 0.217. The zero-order valence-corrected chi connectivity index (χ0v) is 10.8. The summed E-state index contributed by atoms with van der Waals surface area (Å²) in [7, 11) is 0. The highest BCUT2D eigenvalue weighted by molar-refractivity contribution is 5.92. The van der Waals surface area contributed by atoms with Crippen molar-refractivity contribution in [2.45, 2.75) is 12.3 Å². The molecule has 6 nitrogen and oxygen atoms in total. The van der Waals surface area contributed by atoms with Gasteiger partial charge in [-0.1, -0.05) is 24.3 Å². The number of carbonyl (C=O) groups excluding carboxylic acids is 1. The van der Waals surface area contributed by atoms with E-state index >= 15 is 0 Å². The number of nitrogens with one attached hydrogen (secondary N) is 2. The lowest BCUT2D eigenvalue weighted by atomic mass is 9.77. The van der Waals surface area contributed by atoms with Crippen LogP contribution in [0.25, 0.3) is 0 Å². The van der Waals surface area contributed by atoms with Crippen LogP contribution in [0.3, 0.4) is 0 Å². The van der Waals surface area contributed by atoms with Crippen molar-refractivity contribution >= 4 is 11.7 Å². The Labute approximate surface area is 116 Å². The third-order valence-electron chi connectivity index (χ3n) is 3.50. The van der Waals surface area contributed by atoms with Crippen molar-refractivity contribution in [1.29, 1.82) is 0 Å². The Balaban J connectivity index is 1.58. The lowest BCUT2D eigenvalue weighted by molar-refractivity contribution is 0.0944. The van der Waals surface area contributed by atoms with Gasteiger partial charge in [-0.25, -0.2) is 15.8 Å². The molecule has 1 aliphatic rings. The van der Waals surface area contributed by atoms with E-state index in [2.05, 4.69) is 32.8 Å². The molecule has 102 valence electrons. The zero-order chi connectivity index (χ0) is 13.9. The fourth-order valence-electron chi connectivity index (χ4n) is 2.37. The SMILES string of the molecule is NNc1cnc(C(=O)NCC2Cc3ccccc32)cn1. The summed E-state index contributed by atoms with van der Waals surface area (Å²) in [6, 6.07) is 8.29. The fourth-order valence-corrected chi connectivity index (χ4v) is 2.37. The normalized spacial score (nSPS) is 15.9. The van der Waals surface area contributed by atoms with E-state index in [0.717, 1.165) is 6.42 Å². The van der Waals surface area contributed by atoms with E-state index in [1.165, 1.54) is 23.5 Å². The summed E-state index contributed by atoms with van der Waals surface area (Å²) in [5, 5.41) is 2.89. The number of aromatic nitrogens is 2. The molecule has 0 saturated heterocycles. The molecule has 2 aromatic rings. The van der Waals surface area contributed by atoms with Gasteiger partial charge in [0, 0.05) is 12.5 Å². The van der Waals surface area contributed by atoms with Gasteiger partial charge < -0.3 is 10.7 Å². The highest BCUT2D eigenvalue weighted by Crippen LogP contribution is 2.33. The quantitative estimate of drug-likeness (QED) is 0.565. The molecule has 0 spiro atoms. The number of anilines is 1. The van der Waals surface area contributed by atoms with Crippen molar-refractivity contribution in [2.75, 3.05) is 12.0 Å². The molecule has 1 atom stereocenters. The van der Waals surface area contributed by atoms with Crippen molar-refractivity contribution in [3.63, 3.8) is 0 Å². The predicted octanol–water partition coefficient (Wildman–Crippen LogP) is 0.832. The lowest BCUT2D eigenvalue weighted by Crippen LogP contribution is -2.33. The number of hydrogen-bond acceptors (Lipinski definition) is 5. The molecule has 0 saturated carbocycles. The molecule has 0 fully saturated rings. The topological polar surface area (TPSA) is 92.9 Å². The van der Waals surface area contributed by atoms with E-state index in [1.54, 1.807) is 0 Å². The van der Waals surface area contributed by atoms with Crippen molar-refractivity contribution in [3.8, 4) is 0 Å². The number of hydrazine groups is 1. The predicted molar refractivity (Wildman–Crippen MR) is 75.1 cm³/mol. The van der Waals surface area contributed by atoms with Gasteiger partial charge in [-0.2, -0.15) is 0 Å². The number of nitrogens with zero attached hydrogens (tertiary/aromatic N) is 2. The van der Waals surface area contributed by atoms with Crippen molar-refractivity contribution in [3.05, 3.63) is 53.5 Å². The summed E-state index contributed by atoms with van der Waals surface area (Å²) in [5.74, 6) is 5.80. The Hall–Kier alpha value is -2.47. The molecule has 0 radical (unpaired) electrons. The molecule has 20 heavy (non-hydrogen) atoms. The average molecular weight is 269 g/mol. The van der Waals surface area contributed by atoms with Crippen LogP contribution >= 0.6 is 0 Å². The monoisotopic (exact) mass is 269 g/mol. The van der Waals surface area contributed by atoms with Gasteiger partial charge in [-0.05, 0) is 17.5 Å². The largest absolute Gasteiger partial charge is 0.350 e. The van der Waals surface area contributed by atoms with Crippen LogP contribution in [0.1, 0.15) is 27.5 Å². The molecule has 1 aromatic heterocycles. The Morgan fingerprint density at radius 3 is 2.85 bits per heavy atom. The van der Waals surface area contributed by atoms with E-state index in [1.807, 2.05) is 12.1 Å². The first-order chi connectivity index (χ1) is 9.78. The van der Waals surface area contributed by atoms with Crippen LogP contribution in [0.2, 0.25) is 0 Å². The first-order valence-corrected chi connectivity index (χ1v) is 6.42. The Bertz CT molecular complexity index is 626. The molecule has 4 N–H and O–H groups in total. The van der Waals surface area contributed by atoms with Gasteiger partial charge in [0.25, 0.3) is 5.91 Å². The van der Waals surface area contributed by atoms with E-state index in [4.69, 9.17) is 5.84 Å². The molecule has 1 amide bonds. The number of benzene rings is 1. The zero-order valence-electron chi connectivity index (χ0n) is 10.8. The smallest absolute Gasteiger partial charge is 0.271 e. The van der Waals surface area contributed by atoms with E-state index < -0.39 is 0 Å². The summed E-state index contributed by atoms with van der Waals surface area (Å²) in [4.78, 5) is 19.9. The third-order valence-corrected chi connectivity index (χ3v) is 3.50. The van der Waals surface area contributed by atoms with Crippen molar-refractivity contribution in [1.82, 2.24) is 15.3 Å². The summed E-state index contributed by atoms with van der Waals surface area (Å²) < 4.78 is 0. The second kappa shape index (κ2) is 5.26. The van der Waals surface area contributed by atoms with Crippen LogP contribution in [-0.4, -0.2) is 22.4 Å². The maximum Gasteiger partial charge on any atom is 0.271 e. The molecule has 0 bridgehead atoms. The summed E-state index contributed by atoms with van der Waals surface area (Å²) >= 11 is 0. The first-order valence-electron chi connectivity index (χ1n) is 6.42. The van der Waals surface area contributed by atoms with Crippen LogP contribution < -0.4 is 16.6 Å². The molecule has 1 aliphatic carbocycles. The maximum atomic E-state index is 11.9. The van der Waals surface area contributed by atoms with Gasteiger partial charge in [-0.15, -0.1) is 0 Å². The first kappa shape index (κ1) is 12.6. The van der Waals surface area contributed by atoms with Gasteiger partial charge in [0.2, 0.25) is 0 Å². The molecule has 1 aromatic carbocycles. The van der Waals surface area contributed by atoms with Gasteiger partial charge in [-0.3, -0.25) is 4.79 Å². The van der Waals surface area contributed by atoms with Crippen LogP contribution in [0.15, 0.2) is 36.7 Å². The Morgan fingerprint density at radius 1 is 1.30 bits per heavy atom. The second-order valence-corrected chi connectivity index (χ2v) is 4.74. The Kier molecular flexibility index (Phi) is 3.30. The van der Waals surface area contributed by atoms with Gasteiger partial charge in [0.1, 0.15) is 5.69 Å². The summed E-state index contributed by atoms with van der Waals surface area (Å²) in [6.45, 7) is 0.619. The maximum absolute atomic E-state index is 11.9. The second-order valence-electron chi connectivity index (χ2n) is 4.74. The Morgan fingerprint density at radius 2 is 2.15 bits per heavy atom. The summed E-state index contributed by atoms with van der Waals surface area (Å²) in [5.41, 5.74) is 5.34. The van der Waals surface area contributed by atoms with Gasteiger partial charge in [0.15, 0.2) is 5.82 Å². The molecule has 3 rings (SSSR count). The van der Waals surface area contributed by atoms with E-state index in [-0.39, 0.29) is 11.6 Å². The van der Waals surface area contributed by atoms with Gasteiger partial charge in [0.05, 0.1) is 12.4 Å². The van der Waals surface area contributed by atoms with Gasteiger partial charge >= 0.3 is 0 Å². The van der Waals surface area contributed by atoms with Crippen LogP contribution in [-0.2, 0) is 6.42 Å². The van der Waals surface area contributed by atoms with Crippen LogP contribution in [0, 0.1) is 0 Å². The third kappa shape index (κ3) is 2.33. The molecule has 0 aliphatic heterocycles. The minimum Gasteiger partial charge on any atom is -0.350 e. The fraction of sp³-hybridized carbons (Fsp3) is 0.214. The molecular formula is C14H15N5O. The van der Waals surface area contributed by atoms with Crippen LogP contribution in [0.5, 0.6) is 0 Å². The van der Waals surface area contributed by atoms with E-state index in [9.17, 15) is 4.79 Å². The standard InChI is InChI=1S/C14H15N5O/c15-19-13-8-16-12(7-17-13)14(20)18-6-10-5-9-3-1-2-4-11(9)10/h1-4,7-8,10H,5-6,15H2,(H,17,19)(H,18,20). The molecule has 1 unspecified atom stereocenters. The number of hydrogen-bond donors (Lipinski definition) is 3. The molecule has 1 heterocycles. The molecular weight excluding hydrogens is 254 g/mol. The number of fused-ring (bicyclic) bond motifs is 1. The highest BCUT2D eigenvalue weighted by Gasteiger charge is 2.25. The highest BCUT2D eigenvalue weighted by atomic mass is 16.1. The number of rotatable bonds is 4. The number of amides is 1.